The Morgan fingerprint density at radius 1 is 1.35 bits per heavy atom. The van der Waals surface area contributed by atoms with E-state index in [1.807, 2.05) is 6.08 Å². The summed E-state index contributed by atoms with van der Waals surface area (Å²) in [5.41, 5.74) is -1.67. The van der Waals surface area contributed by atoms with Gasteiger partial charge in [-0.1, -0.05) is 12.2 Å². The number of hydrogen-bond donors (Lipinski definition) is 1. The maximum absolute atomic E-state index is 11.7. The molecule has 0 saturated carbocycles. The monoisotopic (exact) mass is 241 g/mol. The number of esters is 1. The summed E-state index contributed by atoms with van der Waals surface area (Å²) in [6.07, 6.45) is 3.29. The zero-order valence-electron chi connectivity index (χ0n) is 9.75. The molecule has 0 aromatic carbocycles. The molecule has 0 radical (unpaired) electrons. The van der Waals surface area contributed by atoms with Gasteiger partial charge in [0.1, 0.15) is 0 Å². The van der Waals surface area contributed by atoms with Gasteiger partial charge < -0.3 is 14.6 Å². The fourth-order valence-electron chi connectivity index (χ4n) is 2.55. The molecule has 1 N–H and O–H groups in total. The normalized spacial score (nSPS) is 34.6. The lowest BCUT2D eigenvalue weighted by Crippen LogP contribution is -2.65. The molecule has 0 aromatic heterocycles. The second-order valence-corrected chi connectivity index (χ2v) is 4.33. The third kappa shape index (κ3) is 1.68. The van der Waals surface area contributed by atoms with Crippen molar-refractivity contribution in [3.8, 4) is 0 Å². The molecule has 1 saturated heterocycles. The zero-order chi connectivity index (χ0) is 12.6. The SMILES string of the molecule is COC(=O)N1CC2C=CC1C(O)(C(=O)OC)C2. The number of carbonyl (C=O) groups is 2. The Morgan fingerprint density at radius 2 is 2.06 bits per heavy atom. The second-order valence-electron chi connectivity index (χ2n) is 4.33. The van der Waals surface area contributed by atoms with Crippen LogP contribution in [0.4, 0.5) is 4.79 Å². The van der Waals surface area contributed by atoms with Crippen molar-refractivity contribution in [2.75, 3.05) is 20.8 Å². The Hall–Kier alpha value is -1.56. The minimum absolute atomic E-state index is 0.0526. The van der Waals surface area contributed by atoms with Crippen LogP contribution in [0, 0.1) is 5.92 Å². The molecule has 0 spiro atoms. The quantitative estimate of drug-likeness (QED) is 0.513. The van der Waals surface area contributed by atoms with Crippen molar-refractivity contribution in [2.24, 2.45) is 5.92 Å². The van der Waals surface area contributed by atoms with Crippen LogP contribution in [0.15, 0.2) is 12.2 Å². The van der Waals surface area contributed by atoms with Crippen LogP contribution in [-0.2, 0) is 14.3 Å². The highest BCUT2D eigenvalue weighted by Gasteiger charge is 2.55. The number of fused-ring (bicyclic) bond motifs is 2. The van der Waals surface area contributed by atoms with Crippen molar-refractivity contribution in [1.82, 2.24) is 4.90 Å². The number of methoxy groups -OCH3 is 2. The van der Waals surface area contributed by atoms with Crippen molar-refractivity contribution in [1.29, 1.82) is 0 Å². The van der Waals surface area contributed by atoms with Gasteiger partial charge in [0, 0.05) is 6.54 Å². The predicted molar refractivity (Wildman–Crippen MR) is 57.1 cm³/mol. The molecule has 6 heteroatoms. The van der Waals surface area contributed by atoms with E-state index in [2.05, 4.69) is 9.47 Å². The lowest BCUT2D eigenvalue weighted by molar-refractivity contribution is -0.175. The fourth-order valence-corrected chi connectivity index (χ4v) is 2.55. The Morgan fingerprint density at radius 3 is 2.59 bits per heavy atom. The number of piperidine rings is 1. The number of nitrogens with zero attached hydrogens (tertiary/aromatic N) is 1. The molecule has 2 bridgehead atoms. The number of aliphatic hydroxyl groups is 1. The van der Waals surface area contributed by atoms with Gasteiger partial charge in [-0.15, -0.1) is 0 Å². The topological polar surface area (TPSA) is 76.1 Å². The molecule has 17 heavy (non-hydrogen) atoms. The van der Waals surface area contributed by atoms with Crippen LogP contribution in [-0.4, -0.2) is 54.5 Å². The van der Waals surface area contributed by atoms with Crippen molar-refractivity contribution in [3.63, 3.8) is 0 Å². The Bertz CT molecular complexity index is 380. The van der Waals surface area contributed by atoms with E-state index in [-0.39, 0.29) is 12.3 Å². The number of hydrogen-bond acceptors (Lipinski definition) is 5. The third-order valence-corrected chi connectivity index (χ3v) is 3.34. The number of rotatable bonds is 1. The van der Waals surface area contributed by atoms with Crippen LogP contribution in [0.2, 0.25) is 0 Å². The lowest BCUT2D eigenvalue weighted by Gasteiger charge is -2.48. The summed E-state index contributed by atoms with van der Waals surface area (Å²) < 4.78 is 9.24. The van der Waals surface area contributed by atoms with Crippen molar-refractivity contribution >= 4 is 12.1 Å². The lowest BCUT2D eigenvalue weighted by atomic mass is 9.74. The van der Waals surface area contributed by atoms with Crippen molar-refractivity contribution < 1.29 is 24.2 Å². The maximum atomic E-state index is 11.7. The molecule has 0 aromatic rings. The highest BCUT2D eigenvalue weighted by atomic mass is 16.5. The molecule has 1 amide bonds. The van der Waals surface area contributed by atoms with Crippen molar-refractivity contribution in [2.45, 2.75) is 18.1 Å². The Kier molecular flexibility index (Phi) is 2.82. The van der Waals surface area contributed by atoms with Gasteiger partial charge in [0.05, 0.1) is 20.3 Å². The van der Waals surface area contributed by atoms with Crippen LogP contribution in [0.3, 0.4) is 0 Å². The van der Waals surface area contributed by atoms with Crippen molar-refractivity contribution in [3.05, 3.63) is 12.2 Å². The Balaban J connectivity index is 2.31. The van der Waals surface area contributed by atoms with Crippen LogP contribution < -0.4 is 0 Å². The molecule has 3 unspecified atom stereocenters. The van der Waals surface area contributed by atoms with Gasteiger partial charge in [-0.05, 0) is 12.3 Å². The van der Waals surface area contributed by atoms with E-state index in [4.69, 9.17) is 0 Å². The zero-order valence-corrected chi connectivity index (χ0v) is 9.75. The van der Waals surface area contributed by atoms with Crippen LogP contribution in [0.25, 0.3) is 0 Å². The van der Waals surface area contributed by atoms with E-state index < -0.39 is 23.7 Å². The first kappa shape index (κ1) is 11.9. The van der Waals surface area contributed by atoms with Gasteiger partial charge in [-0.25, -0.2) is 9.59 Å². The van der Waals surface area contributed by atoms with Crippen LogP contribution >= 0.6 is 0 Å². The fraction of sp³-hybridized carbons (Fsp3) is 0.636. The predicted octanol–water partition coefficient (Wildman–Crippen LogP) is -0.0828. The van der Waals surface area contributed by atoms with Gasteiger partial charge >= 0.3 is 12.1 Å². The highest BCUT2D eigenvalue weighted by molar-refractivity contribution is 5.83. The smallest absolute Gasteiger partial charge is 0.410 e. The minimum Gasteiger partial charge on any atom is -0.467 e. The maximum Gasteiger partial charge on any atom is 0.410 e. The van der Waals surface area contributed by atoms with E-state index >= 15 is 0 Å². The molecule has 94 valence electrons. The van der Waals surface area contributed by atoms with Crippen LogP contribution in [0.1, 0.15) is 6.42 Å². The summed E-state index contributed by atoms with van der Waals surface area (Å²) in [6.45, 7) is 0.452. The van der Waals surface area contributed by atoms with Gasteiger partial charge in [0.15, 0.2) is 5.60 Å². The van der Waals surface area contributed by atoms with Gasteiger partial charge in [0.25, 0.3) is 0 Å². The van der Waals surface area contributed by atoms with Gasteiger partial charge in [0.2, 0.25) is 0 Å². The molecule has 3 aliphatic rings. The standard InChI is InChI=1S/C11H15NO5/c1-16-9(13)11(15)5-7-3-4-8(11)12(6-7)10(14)17-2/h3-4,7-8,15H,5-6H2,1-2H3. The average molecular weight is 241 g/mol. The summed E-state index contributed by atoms with van der Waals surface area (Å²) in [4.78, 5) is 24.6. The Labute approximate surface area is 98.8 Å². The average Bonchev–Trinajstić information content (AvgIpc) is 2.36. The molecule has 1 fully saturated rings. The molecule has 2 heterocycles. The summed E-state index contributed by atoms with van der Waals surface area (Å²) >= 11 is 0. The summed E-state index contributed by atoms with van der Waals surface area (Å²) in [6, 6.07) is -0.715. The highest BCUT2D eigenvalue weighted by Crippen LogP contribution is 2.38. The van der Waals surface area contributed by atoms with E-state index in [1.165, 1.54) is 19.1 Å². The van der Waals surface area contributed by atoms with Gasteiger partial charge in [-0.3, -0.25) is 4.90 Å². The van der Waals surface area contributed by atoms with E-state index in [0.717, 1.165) is 0 Å². The third-order valence-electron chi connectivity index (χ3n) is 3.34. The van der Waals surface area contributed by atoms with E-state index in [0.29, 0.717) is 6.54 Å². The summed E-state index contributed by atoms with van der Waals surface area (Å²) in [5.74, 6) is -0.770. The molecular formula is C11H15NO5. The molecule has 6 nitrogen and oxygen atoms in total. The molecule has 3 rings (SSSR count). The van der Waals surface area contributed by atoms with E-state index in [9.17, 15) is 14.7 Å². The minimum atomic E-state index is -1.67. The first-order chi connectivity index (χ1) is 8.02. The molecule has 1 aliphatic carbocycles. The molecule has 2 aliphatic heterocycles. The number of amides is 1. The molecule has 3 atom stereocenters. The first-order valence-electron chi connectivity index (χ1n) is 5.36. The first-order valence-corrected chi connectivity index (χ1v) is 5.36. The summed E-state index contributed by atoms with van der Waals surface area (Å²) in [7, 11) is 2.49. The summed E-state index contributed by atoms with van der Waals surface area (Å²) in [5, 5.41) is 10.4. The largest absolute Gasteiger partial charge is 0.467 e. The van der Waals surface area contributed by atoms with Crippen LogP contribution in [0.5, 0.6) is 0 Å². The van der Waals surface area contributed by atoms with Gasteiger partial charge in [-0.2, -0.15) is 0 Å². The van der Waals surface area contributed by atoms with E-state index in [1.54, 1.807) is 6.08 Å². The second kappa shape index (κ2) is 4.03. The number of carbonyl (C=O) groups excluding carboxylic acids is 2. The number of ether oxygens (including phenoxy) is 2. The molecular weight excluding hydrogens is 226 g/mol.